The van der Waals surface area contributed by atoms with E-state index in [1.807, 2.05) is 0 Å². The summed E-state index contributed by atoms with van der Waals surface area (Å²) in [5.74, 6) is 0. The molecule has 0 N–H and O–H groups in total. The molecule has 0 aliphatic heterocycles. The number of fused-ring (bicyclic) bond motifs is 4. The third-order valence-corrected chi connectivity index (χ3v) is 12.3. The van der Waals surface area contributed by atoms with Gasteiger partial charge in [-0.2, -0.15) is 0 Å². The van der Waals surface area contributed by atoms with E-state index in [1.165, 1.54) is 77.5 Å². The molecule has 0 bridgehead atoms. The molecule has 1 aliphatic carbocycles. The van der Waals surface area contributed by atoms with Crippen molar-refractivity contribution in [3.8, 4) is 44.5 Å². The predicted molar refractivity (Wildman–Crippen MR) is 252 cm³/mol. The molecule has 0 unspecified atom stereocenters. The lowest BCUT2D eigenvalue weighted by Gasteiger charge is -2.34. The average Bonchev–Trinajstić information content (AvgIpc) is 3.64. The number of nitrogens with zero attached hydrogens (tertiary/aromatic N) is 1. The molecule has 1 aliphatic rings. The summed E-state index contributed by atoms with van der Waals surface area (Å²) >= 11 is 0. The molecule has 0 amide bonds. The van der Waals surface area contributed by atoms with Gasteiger partial charge in [-0.15, -0.1) is 0 Å². The van der Waals surface area contributed by atoms with Crippen molar-refractivity contribution in [1.82, 2.24) is 0 Å². The van der Waals surface area contributed by atoms with Crippen LogP contribution >= 0.6 is 0 Å². The summed E-state index contributed by atoms with van der Waals surface area (Å²) in [6, 6.07) is 91.0. The fourth-order valence-corrected chi connectivity index (χ4v) is 9.57. The second-order valence-electron chi connectivity index (χ2n) is 15.7. The number of hydrogen-bond donors (Lipinski definition) is 0. The Labute approximate surface area is 352 Å². The molecule has 1 nitrogen and oxygen atoms in total. The molecule has 0 fully saturated rings. The smallest absolute Gasteiger partial charge is 0.0714 e. The third kappa shape index (κ3) is 5.94. The van der Waals surface area contributed by atoms with Crippen LogP contribution in [0.5, 0.6) is 0 Å². The molecule has 0 atom stereocenters. The molecule has 0 saturated heterocycles. The van der Waals surface area contributed by atoms with Gasteiger partial charge in [-0.05, 0) is 108 Å². The maximum absolute atomic E-state index is 2.47. The van der Waals surface area contributed by atoms with Crippen LogP contribution in [0.1, 0.15) is 22.3 Å². The lowest BCUT2D eigenvalue weighted by Crippen LogP contribution is -2.28. The van der Waals surface area contributed by atoms with E-state index < -0.39 is 5.41 Å². The van der Waals surface area contributed by atoms with Gasteiger partial charge in [0.25, 0.3) is 0 Å². The summed E-state index contributed by atoms with van der Waals surface area (Å²) < 4.78 is 0. The fraction of sp³-hybridized carbons (Fsp3) is 0.0169. The minimum absolute atomic E-state index is 0.501. The maximum atomic E-state index is 2.47. The van der Waals surface area contributed by atoms with Crippen LogP contribution in [0.15, 0.2) is 249 Å². The zero-order valence-electron chi connectivity index (χ0n) is 33.1. The van der Waals surface area contributed by atoms with Crippen molar-refractivity contribution in [2.24, 2.45) is 0 Å². The summed E-state index contributed by atoms with van der Waals surface area (Å²) in [4.78, 5) is 2.47. The van der Waals surface area contributed by atoms with Gasteiger partial charge < -0.3 is 4.90 Å². The zero-order chi connectivity index (χ0) is 39.9. The number of anilines is 3. The normalized spacial score (nSPS) is 12.5. The van der Waals surface area contributed by atoms with Crippen LogP contribution in [0, 0.1) is 0 Å². The predicted octanol–water partition coefficient (Wildman–Crippen LogP) is 15.7. The van der Waals surface area contributed by atoms with Crippen molar-refractivity contribution in [2.45, 2.75) is 5.41 Å². The average molecular weight is 764 g/mol. The van der Waals surface area contributed by atoms with E-state index in [0.29, 0.717) is 0 Å². The van der Waals surface area contributed by atoms with Gasteiger partial charge in [0.05, 0.1) is 11.1 Å². The van der Waals surface area contributed by atoms with Crippen molar-refractivity contribution < 1.29 is 0 Å². The van der Waals surface area contributed by atoms with Gasteiger partial charge in [0, 0.05) is 16.9 Å². The Kier molecular flexibility index (Phi) is 8.79. The zero-order valence-corrected chi connectivity index (χ0v) is 33.1. The quantitative estimate of drug-likeness (QED) is 0.149. The van der Waals surface area contributed by atoms with Crippen molar-refractivity contribution >= 4 is 27.8 Å². The van der Waals surface area contributed by atoms with E-state index in [4.69, 9.17) is 0 Å². The van der Waals surface area contributed by atoms with Crippen molar-refractivity contribution in [3.63, 3.8) is 0 Å². The van der Waals surface area contributed by atoms with Gasteiger partial charge in [-0.25, -0.2) is 0 Å². The van der Waals surface area contributed by atoms with Crippen LogP contribution in [-0.2, 0) is 5.41 Å². The fourth-order valence-electron chi connectivity index (χ4n) is 9.57. The summed E-state index contributed by atoms with van der Waals surface area (Å²) in [5.41, 5.74) is 17.6. The lowest BCUT2D eigenvalue weighted by molar-refractivity contribution is 0.768. The second kappa shape index (κ2) is 14.9. The maximum Gasteiger partial charge on any atom is 0.0714 e. The summed E-state index contributed by atoms with van der Waals surface area (Å²) in [5, 5.41) is 2.48. The Morgan fingerprint density at radius 3 is 1.45 bits per heavy atom. The SMILES string of the molecule is c1ccc(-c2ccc(-c3ccc(N(c4cccc(-c5ccc6ccccc6c5)c4)c4cccc5c4-c4ccccc4C5(c4ccccc4)c4ccccc4)cc3)cc2)cc1. The summed E-state index contributed by atoms with van der Waals surface area (Å²) in [6.45, 7) is 0. The molecule has 0 heterocycles. The van der Waals surface area contributed by atoms with Gasteiger partial charge >= 0.3 is 0 Å². The largest absolute Gasteiger partial charge is 0.310 e. The van der Waals surface area contributed by atoms with E-state index in [0.717, 1.165) is 17.1 Å². The number of rotatable bonds is 8. The van der Waals surface area contributed by atoms with Crippen LogP contribution in [0.2, 0.25) is 0 Å². The molecule has 10 aromatic carbocycles. The molecule has 60 heavy (non-hydrogen) atoms. The van der Waals surface area contributed by atoms with E-state index in [1.54, 1.807) is 0 Å². The molecule has 0 spiro atoms. The number of hydrogen-bond acceptors (Lipinski definition) is 1. The second-order valence-corrected chi connectivity index (χ2v) is 15.7. The van der Waals surface area contributed by atoms with Gasteiger partial charge in [0.15, 0.2) is 0 Å². The summed E-state index contributed by atoms with van der Waals surface area (Å²) in [6.07, 6.45) is 0. The third-order valence-electron chi connectivity index (χ3n) is 12.3. The van der Waals surface area contributed by atoms with Gasteiger partial charge in [-0.3, -0.25) is 0 Å². The highest BCUT2D eigenvalue weighted by Gasteiger charge is 2.47. The molecular weight excluding hydrogens is 723 g/mol. The Balaban J connectivity index is 1.11. The molecule has 0 saturated carbocycles. The molecule has 1 heteroatoms. The lowest BCUT2D eigenvalue weighted by atomic mass is 9.68. The van der Waals surface area contributed by atoms with Crippen LogP contribution in [-0.4, -0.2) is 0 Å². The van der Waals surface area contributed by atoms with Crippen LogP contribution in [0.25, 0.3) is 55.3 Å². The van der Waals surface area contributed by atoms with Gasteiger partial charge in [0.1, 0.15) is 0 Å². The molecule has 11 rings (SSSR count). The van der Waals surface area contributed by atoms with Crippen LogP contribution in [0.3, 0.4) is 0 Å². The van der Waals surface area contributed by atoms with E-state index in [9.17, 15) is 0 Å². The highest BCUT2D eigenvalue weighted by atomic mass is 15.1. The van der Waals surface area contributed by atoms with E-state index in [-0.39, 0.29) is 0 Å². The van der Waals surface area contributed by atoms with E-state index in [2.05, 4.69) is 254 Å². The summed E-state index contributed by atoms with van der Waals surface area (Å²) in [7, 11) is 0. The minimum Gasteiger partial charge on any atom is -0.310 e. The van der Waals surface area contributed by atoms with Gasteiger partial charge in [0.2, 0.25) is 0 Å². The first-order chi connectivity index (χ1) is 29.8. The molecule has 282 valence electrons. The topological polar surface area (TPSA) is 3.24 Å². The first-order valence-corrected chi connectivity index (χ1v) is 20.8. The molecule has 0 aromatic heterocycles. The highest BCUT2D eigenvalue weighted by molar-refractivity contribution is 5.98. The van der Waals surface area contributed by atoms with Crippen molar-refractivity contribution in [3.05, 3.63) is 271 Å². The Morgan fingerprint density at radius 2 is 0.767 bits per heavy atom. The number of benzene rings is 10. The van der Waals surface area contributed by atoms with Crippen LogP contribution < -0.4 is 4.90 Å². The Morgan fingerprint density at radius 1 is 0.283 bits per heavy atom. The monoisotopic (exact) mass is 763 g/mol. The van der Waals surface area contributed by atoms with Crippen molar-refractivity contribution in [2.75, 3.05) is 4.90 Å². The van der Waals surface area contributed by atoms with Crippen LogP contribution in [0.4, 0.5) is 17.1 Å². The van der Waals surface area contributed by atoms with Crippen molar-refractivity contribution in [1.29, 1.82) is 0 Å². The van der Waals surface area contributed by atoms with E-state index >= 15 is 0 Å². The first kappa shape index (κ1) is 35.4. The molecular formula is C59H41N. The Bertz CT molecular complexity index is 3070. The Hall–Kier alpha value is -7.74. The molecule has 10 aromatic rings. The first-order valence-electron chi connectivity index (χ1n) is 20.8. The van der Waals surface area contributed by atoms with Gasteiger partial charge in [-0.1, -0.05) is 212 Å². The standard InChI is InChI=1S/C59H41N/c1-4-16-42(17-5-1)44-30-32-45(33-31-44)46-36-38-52(39-37-46)60(53-25-14-20-48(41-53)49-35-34-43-18-10-11-19-47(43)40-49)57-29-15-28-56-58(57)54-26-12-13-27-55(54)59(56,50-21-6-2-7-22-50)51-23-8-3-9-24-51/h1-41H. The minimum atomic E-state index is -0.501. The molecule has 0 radical (unpaired) electrons. The highest BCUT2D eigenvalue weighted by Crippen LogP contribution is 2.59.